The second kappa shape index (κ2) is 7.60. The van der Waals surface area contributed by atoms with Crippen LogP contribution in [0.5, 0.6) is 0 Å². The maximum atomic E-state index is 12.4. The molecule has 0 spiro atoms. The molecule has 3 fully saturated rings. The minimum atomic E-state index is -1.09. The SMILES string of the molecule is C[C@@H]1C(S[C@@H]2CN[C@H]([C@H](O)[C@@H]3CCNC3)C2)=C(C(=O)O)N2C(=O)[C@H]([C@@H](C)O)[C@H]12. The fraction of sp³-hybridized carbons (Fsp3) is 0.789. The lowest BCUT2D eigenvalue weighted by atomic mass is 9.79. The van der Waals surface area contributed by atoms with Crippen LogP contribution in [0, 0.1) is 17.8 Å². The van der Waals surface area contributed by atoms with Crippen LogP contribution in [0.15, 0.2) is 10.6 Å². The Hall–Kier alpha value is -1.13. The first-order valence-electron chi connectivity index (χ1n) is 10.1. The zero-order valence-electron chi connectivity index (χ0n) is 16.2. The number of carboxylic acid groups (broad SMARTS) is 1. The van der Waals surface area contributed by atoms with Gasteiger partial charge in [0.25, 0.3) is 0 Å². The van der Waals surface area contributed by atoms with Gasteiger partial charge in [-0.1, -0.05) is 6.92 Å². The lowest BCUT2D eigenvalue weighted by Gasteiger charge is -2.46. The van der Waals surface area contributed by atoms with Crippen LogP contribution >= 0.6 is 11.8 Å². The van der Waals surface area contributed by atoms with Gasteiger partial charge in [-0.25, -0.2) is 4.79 Å². The van der Waals surface area contributed by atoms with Crippen molar-refractivity contribution in [1.82, 2.24) is 15.5 Å². The quantitative estimate of drug-likeness (QED) is 0.374. The molecular formula is C19H29N3O5S. The van der Waals surface area contributed by atoms with Crippen LogP contribution in [0.3, 0.4) is 0 Å². The smallest absolute Gasteiger partial charge is 0.353 e. The number of hydrogen-bond acceptors (Lipinski definition) is 7. The Balaban J connectivity index is 1.47. The van der Waals surface area contributed by atoms with Gasteiger partial charge in [0.15, 0.2) is 0 Å². The second-order valence-electron chi connectivity index (χ2n) is 8.51. The van der Waals surface area contributed by atoms with Crippen molar-refractivity contribution in [2.75, 3.05) is 19.6 Å². The van der Waals surface area contributed by atoms with Gasteiger partial charge in [-0.05, 0) is 26.3 Å². The summed E-state index contributed by atoms with van der Waals surface area (Å²) in [7, 11) is 0. The van der Waals surface area contributed by atoms with Gasteiger partial charge in [0.05, 0.1) is 24.2 Å². The molecule has 0 saturated carbocycles. The number of carbonyl (C=O) groups is 2. The summed E-state index contributed by atoms with van der Waals surface area (Å²) in [4.78, 5) is 26.4. The van der Waals surface area contributed by atoms with E-state index < -0.39 is 24.1 Å². The first kappa shape index (κ1) is 20.2. The first-order chi connectivity index (χ1) is 13.3. The van der Waals surface area contributed by atoms with Crippen molar-refractivity contribution in [3.05, 3.63) is 10.6 Å². The average molecular weight is 412 g/mol. The van der Waals surface area contributed by atoms with E-state index in [2.05, 4.69) is 10.6 Å². The van der Waals surface area contributed by atoms with Crippen molar-refractivity contribution in [3.8, 4) is 0 Å². The third-order valence-corrected chi connectivity index (χ3v) is 8.23. The van der Waals surface area contributed by atoms with Crippen LogP contribution in [-0.2, 0) is 9.59 Å². The van der Waals surface area contributed by atoms with Crippen molar-refractivity contribution in [2.24, 2.45) is 17.8 Å². The lowest BCUT2D eigenvalue weighted by Crippen LogP contribution is -2.63. The van der Waals surface area contributed by atoms with Crippen molar-refractivity contribution in [3.63, 3.8) is 0 Å². The van der Waals surface area contributed by atoms with E-state index in [0.717, 1.165) is 30.8 Å². The number of β-lactam (4-membered cyclic amide) rings is 1. The molecule has 0 unspecified atom stereocenters. The van der Waals surface area contributed by atoms with Gasteiger partial charge < -0.3 is 30.9 Å². The summed E-state index contributed by atoms with van der Waals surface area (Å²) in [5.41, 5.74) is 0.0772. The molecule has 8 atom stereocenters. The number of nitrogens with zero attached hydrogens (tertiary/aromatic N) is 1. The second-order valence-corrected chi connectivity index (χ2v) is 9.85. The van der Waals surface area contributed by atoms with Gasteiger partial charge in [0.1, 0.15) is 5.70 Å². The molecule has 0 aromatic rings. The van der Waals surface area contributed by atoms with Gasteiger partial charge >= 0.3 is 5.97 Å². The van der Waals surface area contributed by atoms with Crippen LogP contribution in [0.2, 0.25) is 0 Å². The van der Waals surface area contributed by atoms with Crippen LogP contribution in [0.1, 0.15) is 26.7 Å². The maximum absolute atomic E-state index is 12.4. The number of hydrogen-bond donors (Lipinski definition) is 5. The van der Waals surface area contributed by atoms with Gasteiger partial charge in [0.2, 0.25) is 5.91 Å². The third-order valence-electron chi connectivity index (χ3n) is 6.72. The molecule has 0 radical (unpaired) electrons. The van der Waals surface area contributed by atoms with Gasteiger partial charge in [-0.3, -0.25) is 4.79 Å². The average Bonchev–Trinajstić information content (AvgIpc) is 3.35. The predicted octanol–water partition coefficient (Wildman–Crippen LogP) is -0.426. The Labute approximate surface area is 168 Å². The Kier molecular flexibility index (Phi) is 5.47. The van der Waals surface area contributed by atoms with E-state index in [-0.39, 0.29) is 40.8 Å². The number of fused-ring (bicyclic) bond motifs is 1. The third kappa shape index (κ3) is 3.17. The molecule has 4 rings (SSSR count). The summed E-state index contributed by atoms with van der Waals surface area (Å²) in [5.74, 6) is -1.78. The van der Waals surface area contributed by atoms with Crippen LogP contribution in [0.4, 0.5) is 0 Å². The van der Waals surface area contributed by atoms with Gasteiger partial charge in [-0.15, -0.1) is 11.8 Å². The molecule has 0 aromatic carbocycles. The molecule has 3 saturated heterocycles. The molecule has 1 amide bonds. The van der Waals surface area contributed by atoms with E-state index in [1.54, 1.807) is 6.92 Å². The number of nitrogens with one attached hydrogen (secondary N) is 2. The number of thioether (sulfide) groups is 1. The lowest BCUT2D eigenvalue weighted by molar-refractivity contribution is -0.163. The van der Waals surface area contributed by atoms with Crippen LogP contribution < -0.4 is 10.6 Å². The normalized spacial score (nSPS) is 39.9. The molecule has 4 heterocycles. The summed E-state index contributed by atoms with van der Waals surface area (Å²) in [5, 5.41) is 37.2. The monoisotopic (exact) mass is 411 g/mol. The summed E-state index contributed by atoms with van der Waals surface area (Å²) < 4.78 is 0. The van der Waals surface area contributed by atoms with E-state index in [1.165, 1.54) is 16.7 Å². The Morgan fingerprint density at radius 1 is 1.32 bits per heavy atom. The van der Waals surface area contributed by atoms with Crippen molar-refractivity contribution >= 4 is 23.6 Å². The molecular weight excluding hydrogens is 382 g/mol. The standard InChI is InChI=1S/C19H29N3O5S/c1-8-14-13(9(2)23)18(25)22(14)15(19(26)27)17(8)28-11-5-12(21-7-11)16(24)10-3-4-20-6-10/h8-14,16,20-21,23-24H,3-7H2,1-2H3,(H,26,27)/t8-,9+,10+,11-,12-,13+,14-,16+/m0/s1. The van der Waals surface area contributed by atoms with E-state index >= 15 is 0 Å². The molecule has 4 aliphatic heterocycles. The number of carbonyl (C=O) groups excluding carboxylic acids is 1. The topological polar surface area (TPSA) is 122 Å². The molecule has 0 bridgehead atoms. The van der Waals surface area contributed by atoms with E-state index in [9.17, 15) is 24.9 Å². The molecule has 0 aliphatic carbocycles. The first-order valence-corrected chi connectivity index (χ1v) is 11.0. The Morgan fingerprint density at radius 2 is 2.07 bits per heavy atom. The van der Waals surface area contributed by atoms with E-state index in [0.29, 0.717) is 6.54 Å². The highest BCUT2D eigenvalue weighted by Crippen LogP contribution is 2.51. The van der Waals surface area contributed by atoms with E-state index in [4.69, 9.17) is 0 Å². The molecule has 8 nitrogen and oxygen atoms in total. The predicted molar refractivity (Wildman–Crippen MR) is 104 cm³/mol. The van der Waals surface area contributed by atoms with Gasteiger partial charge in [0, 0.05) is 41.1 Å². The Bertz CT molecular complexity index is 693. The number of rotatable bonds is 6. The molecule has 4 aliphatic rings. The minimum Gasteiger partial charge on any atom is -0.477 e. The zero-order valence-corrected chi connectivity index (χ0v) is 17.0. The number of amides is 1. The van der Waals surface area contributed by atoms with Crippen LogP contribution in [-0.4, -0.2) is 81.3 Å². The summed E-state index contributed by atoms with van der Waals surface area (Å²) in [6, 6.07) is -0.265. The fourth-order valence-corrected chi connectivity index (χ4v) is 6.73. The zero-order chi connectivity index (χ0) is 20.2. The van der Waals surface area contributed by atoms with Gasteiger partial charge in [-0.2, -0.15) is 0 Å². The number of carboxylic acids is 1. The molecule has 5 N–H and O–H groups in total. The van der Waals surface area contributed by atoms with Crippen molar-refractivity contribution in [2.45, 2.75) is 56.2 Å². The molecule has 9 heteroatoms. The fourth-order valence-electron chi connectivity index (χ4n) is 5.24. The summed E-state index contributed by atoms with van der Waals surface area (Å²) in [6.07, 6.45) is 0.547. The van der Waals surface area contributed by atoms with Crippen molar-refractivity contribution < 1.29 is 24.9 Å². The van der Waals surface area contributed by atoms with E-state index in [1.807, 2.05) is 6.92 Å². The summed E-state index contributed by atoms with van der Waals surface area (Å²) >= 11 is 1.52. The summed E-state index contributed by atoms with van der Waals surface area (Å²) in [6.45, 7) is 6.00. The number of aliphatic carboxylic acids is 1. The highest BCUT2D eigenvalue weighted by atomic mass is 32.2. The minimum absolute atomic E-state index is 0.0110. The Morgan fingerprint density at radius 3 is 2.68 bits per heavy atom. The van der Waals surface area contributed by atoms with Crippen LogP contribution in [0.25, 0.3) is 0 Å². The molecule has 0 aromatic heterocycles. The number of aliphatic hydroxyl groups excluding tert-OH is 2. The number of aliphatic hydroxyl groups is 2. The van der Waals surface area contributed by atoms with Crippen molar-refractivity contribution in [1.29, 1.82) is 0 Å². The highest BCUT2D eigenvalue weighted by Gasteiger charge is 2.60. The molecule has 28 heavy (non-hydrogen) atoms. The maximum Gasteiger partial charge on any atom is 0.353 e. The highest BCUT2D eigenvalue weighted by molar-refractivity contribution is 8.03. The molecule has 156 valence electrons. The largest absolute Gasteiger partial charge is 0.477 e.